The molecule has 0 spiro atoms. The molecule has 22 heavy (non-hydrogen) atoms. The Kier molecular flexibility index (Phi) is 2.80. The lowest BCUT2D eigenvalue weighted by Crippen LogP contribution is -2.50. The summed E-state index contributed by atoms with van der Waals surface area (Å²) in [5.74, 6) is 0. The molecular formula is C18H22N4. The molecule has 0 saturated carbocycles. The number of benzene rings is 1. The standard InChI is InChI=1S/C18H22N4/c1-2-14-12-22(9-8-21(14)7-1)18-4-6-20-17-10-13-3-5-19-16(13)11-15(17)18/h4,6,10-11,14,19H,1-3,5,7-9,12H2/t14-/m1/s1. The van der Waals surface area contributed by atoms with Gasteiger partial charge in [0.15, 0.2) is 0 Å². The Morgan fingerprint density at radius 3 is 3.18 bits per heavy atom. The van der Waals surface area contributed by atoms with Gasteiger partial charge >= 0.3 is 0 Å². The summed E-state index contributed by atoms with van der Waals surface area (Å²) in [6.45, 7) is 5.87. The number of rotatable bonds is 1. The maximum absolute atomic E-state index is 4.62. The highest BCUT2D eigenvalue weighted by atomic mass is 15.3. The third kappa shape index (κ3) is 1.90. The highest BCUT2D eigenvalue weighted by Crippen LogP contribution is 2.34. The first kappa shape index (κ1) is 12.7. The zero-order valence-electron chi connectivity index (χ0n) is 12.9. The van der Waals surface area contributed by atoms with Crippen molar-refractivity contribution in [3.63, 3.8) is 0 Å². The summed E-state index contributed by atoms with van der Waals surface area (Å²) in [6.07, 6.45) is 5.83. The Bertz CT molecular complexity index is 726. The maximum Gasteiger partial charge on any atom is 0.0727 e. The van der Waals surface area contributed by atoms with Crippen molar-refractivity contribution in [3.05, 3.63) is 30.0 Å². The lowest BCUT2D eigenvalue weighted by atomic mass is 10.1. The molecule has 114 valence electrons. The highest BCUT2D eigenvalue weighted by Gasteiger charge is 2.31. The van der Waals surface area contributed by atoms with Gasteiger partial charge in [-0.2, -0.15) is 0 Å². The number of aromatic nitrogens is 1. The molecule has 3 aliphatic heterocycles. The molecule has 1 aromatic carbocycles. The van der Waals surface area contributed by atoms with Gasteiger partial charge in [0.1, 0.15) is 0 Å². The van der Waals surface area contributed by atoms with Crippen LogP contribution in [0.5, 0.6) is 0 Å². The lowest BCUT2D eigenvalue weighted by Gasteiger charge is -2.39. The van der Waals surface area contributed by atoms with Crippen molar-refractivity contribution in [2.24, 2.45) is 0 Å². The topological polar surface area (TPSA) is 31.4 Å². The molecule has 0 amide bonds. The van der Waals surface area contributed by atoms with Gasteiger partial charge in [0, 0.05) is 55.2 Å². The average molecular weight is 294 g/mol. The van der Waals surface area contributed by atoms with Crippen molar-refractivity contribution in [1.29, 1.82) is 0 Å². The van der Waals surface area contributed by atoms with Gasteiger partial charge in [0.05, 0.1) is 5.52 Å². The van der Waals surface area contributed by atoms with Crippen LogP contribution in [0.4, 0.5) is 11.4 Å². The van der Waals surface area contributed by atoms with E-state index in [9.17, 15) is 0 Å². The zero-order chi connectivity index (χ0) is 14.5. The Morgan fingerprint density at radius 2 is 2.18 bits per heavy atom. The van der Waals surface area contributed by atoms with Crippen LogP contribution in [0.2, 0.25) is 0 Å². The molecule has 0 radical (unpaired) electrons. The van der Waals surface area contributed by atoms with Gasteiger partial charge in [0.2, 0.25) is 0 Å². The zero-order valence-corrected chi connectivity index (χ0v) is 12.9. The maximum atomic E-state index is 4.62. The van der Waals surface area contributed by atoms with E-state index in [-0.39, 0.29) is 0 Å². The van der Waals surface area contributed by atoms with Gasteiger partial charge in [-0.25, -0.2) is 0 Å². The van der Waals surface area contributed by atoms with Crippen molar-refractivity contribution in [2.75, 3.05) is 42.9 Å². The number of fused-ring (bicyclic) bond motifs is 3. The second-order valence-corrected chi connectivity index (χ2v) is 6.81. The van der Waals surface area contributed by atoms with Crippen LogP contribution in [-0.2, 0) is 6.42 Å². The molecule has 1 atom stereocenters. The third-order valence-corrected chi connectivity index (χ3v) is 5.58. The summed E-state index contributed by atoms with van der Waals surface area (Å²) in [7, 11) is 0. The van der Waals surface area contributed by atoms with Crippen LogP contribution < -0.4 is 10.2 Å². The van der Waals surface area contributed by atoms with Gasteiger partial charge in [-0.05, 0) is 49.6 Å². The molecule has 4 nitrogen and oxygen atoms in total. The highest BCUT2D eigenvalue weighted by molar-refractivity contribution is 5.95. The molecule has 0 bridgehead atoms. The van der Waals surface area contributed by atoms with E-state index in [4.69, 9.17) is 0 Å². The van der Waals surface area contributed by atoms with E-state index in [0.29, 0.717) is 0 Å². The van der Waals surface area contributed by atoms with Crippen molar-refractivity contribution in [2.45, 2.75) is 25.3 Å². The Labute approximate surface area is 131 Å². The van der Waals surface area contributed by atoms with Crippen LogP contribution in [0, 0.1) is 0 Å². The molecule has 4 heterocycles. The van der Waals surface area contributed by atoms with Crippen LogP contribution in [0.15, 0.2) is 24.4 Å². The smallest absolute Gasteiger partial charge is 0.0727 e. The van der Waals surface area contributed by atoms with Gasteiger partial charge in [0.25, 0.3) is 0 Å². The van der Waals surface area contributed by atoms with E-state index in [1.807, 2.05) is 6.20 Å². The summed E-state index contributed by atoms with van der Waals surface area (Å²) in [4.78, 5) is 9.86. The molecule has 1 aromatic heterocycles. The van der Waals surface area contributed by atoms with Crippen molar-refractivity contribution < 1.29 is 0 Å². The monoisotopic (exact) mass is 294 g/mol. The summed E-state index contributed by atoms with van der Waals surface area (Å²) < 4.78 is 0. The molecule has 2 fully saturated rings. The van der Waals surface area contributed by atoms with E-state index in [0.717, 1.165) is 31.1 Å². The van der Waals surface area contributed by atoms with E-state index < -0.39 is 0 Å². The van der Waals surface area contributed by atoms with Gasteiger partial charge < -0.3 is 10.2 Å². The number of piperazine rings is 1. The van der Waals surface area contributed by atoms with Gasteiger partial charge in [-0.1, -0.05) is 0 Å². The SMILES string of the molecule is c1cc(N2CCN3CCC[C@@H]3C2)c2cc3c(cc2n1)CCN3. The van der Waals surface area contributed by atoms with Crippen molar-refractivity contribution in [3.8, 4) is 0 Å². The molecule has 2 saturated heterocycles. The third-order valence-electron chi connectivity index (χ3n) is 5.58. The van der Waals surface area contributed by atoms with Gasteiger partial charge in [-0.3, -0.25) is 9.88 Å². The van der Waals surface area contributed by atoms with E-state index in [1.54, 1.807) is 0 Å². The van der Waals surface area contributed by atoms with E-state index in [2.05, 4.69) is 38.3 Å². The lowest BCUT2D eigenvalue weighted by molar-refractivity contribution is 0.231. The molecule has 3 aliphatic rings. The molecular weight excluding hydrogens is 272 g/mol. The van der Waals surface area contributed by atoms with E-state index >= 15 is 0 Å². The van der Waals surface area contributed by atoms with Crippen LogP contribution in [0.3, 0.4) is 0 Å². The first-order valence-electron chi connectivity index (χ1n) is 8.53. The normalized spacial score (nSPS) is 24.4. The summed E-state index contributed by atoms with van der Waals surface area (Å²) >= 11 is 0. The molecule has 2 aromatic rings. The van der Waals surface area contributed by atoms with Crippen LogP contribution in [0.25, 0.3) is 10.9 Å². The first-order chi connectivity index (χ1) is 10.9. The second kappa shape index (κ2) is 4.85. The fourth-order valence-corrected chi connectivity index (χ4v) is 4.41. The fraction of sp³-hybridized carbons (Fsp3) is 0.500. The van der Waals surface area contributed by atoms with Gasteiger partial charge in [-0.15, -0.1) is 0 Å². The minimum atomic E-state index is 0.754. The number of hydrogen-bond donors (Lipinski definition) is 1. The molecule has 5 rings (SSSR count). The Balaban J connectivity index is 1.56. The molecule has 4 heteroatoms. The van der Waals surface area contributed by atoms with E-state index in [1.165, 1.54) is 54.8 Å². The summed E-state index contributed by atoms with van der Waals surface area (Å²) in [5.41, 5.74) is 5.24. The Hall–Kier alpha value is -1.81. The number of anilines is 2. The fourth-order valence-electron chi connectivity index (χ4n) is 4.41. The van der Waals surface area contributed by atoms with Crippen molar-refractivity contribution >= 4 is 22.3 Å². The molecule has 0 aliphatic carbocycles. The second-order valence-electron chi connectivity index (χ2n) is 6.81. The summed E-state index contributed by atoms with van der Waals surface area (Å²) in [6, 6.07) is 7.56. The minimum absolute atomic E-state index is 0.754. The number of pyridine rings is 1. The van der Waals surface area contributed by atoms with Crippen LogP contribution >= 0.6 is 0 Å². The number of hydrogen-bond acceptors (Lipinski definition) is 4. The predicted molar refractivity (Wildman–Crippen MR) is 90.7 cm³/mol. The molecule has 0 unspecified atom stereocenters. The van der Waals surface area contributed by atoms with Crippen molar-refractivity contribution in [1.82, 2.24) is 9.88 Å². The van der Waals surface area contributed by atoms with Crippen LogP contribution in [-0.4, -0.2) is 48.6 Å². The predicted octanol–water partition coefficient (Wildman–Crippen LogP) is 2.49. The number of nitrogens with zero attached hydrogens (tertiary/aromatic N) is 3. The molecule has 1 N–H and O–H groups in total. The average Bonchev–Trinajstić information content (AvgIpc) is 3.19. The largest absolute Gasteiger partial charge is 0.384 e. The first-order valence-corrected chi connectivity index (χ1v) is 8.53. The Morgan fingerprint density at radius 1 is 1.18 bits per heavy atom. The van der Waals surface area contributed by atoms with Crippen LogP contribution in [0.1, 0.15) is 18.4 Å². The minimum Gasteiger partial charge on any atom is -0.384 e. The quantitative estimate of drug-likeness (QED) is 0.875. The number of nitrogens with one attached hydrogen (secondary N) is 1. The summed E-state index contributed by atoms with van der Waals surface area (Å²) in [5, 5.41) is 4.81.